The molecular formula is C17H21F3N2O2S. The molecule has 8 heteroatoms. The molecule has 25 heavy (non-hydrogen) atoms. The number of ether oxygens (including phenoxy) is 1. The van der Waals surface area contributed by atoms with Crippen molar-refractivity contribution in [1.29, 1.82) is 0 Å². The lowest BCUT2D eigenvalue weighted by atomic mass is 10.2. The van der Waals surface area contributed by atoms with Crippen molar-refractivity contribution in [2.24, 2.45) is 0 Å². The van der Waals surface area contributed by atoms with E-state index in [4.69, 9.17) is 0 Å². The van der Waals surface area contributed by atoms with Crippen LogP contribution in [0.1, 0.15) is 5.56 Å². The minimum absolute atomic E-state index is 0.139. The summed E-state index contributed by atoms with van der Waals surface area (Å²) >= 11 is 1.55. The maximum absolute atomic E-state index is 12.1. The Morgan fingerprint density at radius 3 is 2.40 bits per heavy atom. The van der Waals surface area contributed by atoms with Crippen molar-refractivity contribution in [2.75, 3.05) is 37.7 Å². The van der Waals surface area contributed by atoms with E-state index in [1.54, 1.807) is 30.0 Å². The first-order valence-corrected chi connectivity index (χ1v) is 9.06. The predicted molar refractivity (Wildman–Crippen MR) is 92.5 cm³/mol. The number of piperazine rings is 1. The number of benzene rings is 1. The highest BCUT2D eigenvalue weighted by Crippen LogP contribution is 2.23. The number of nitrogens with zero attached hydrogens (tertiary/aromatic N) is 2. The van der Waals surface area contributed by atoms with Crippen LogP contribution in [0, 0.1) is 0 Å². The zero-order valence-electron chi connectivity index (χ0n) is 13.8. The fourth-order valence-corrected chi connectivity index (χ4v) is 3.17. The number of carbonyl (C=O) groups is 1. The minimum atomic E-state index is -4.67. The molecule has 1 amide bonds. The molecule has 0 saturated carbocycles. The molecule has 1 fully saturated rings. The largest absolute Gasteiger partial charge is 0.573 e. The number of hydrogen-bond donors (Lipinski definition) is 0. The van der Waals surface area contributed by atoms with Gasteiger partial charge in [0.25, 0.3) is 0 Å². The molecule has 0 aliphatic carbocycles. The molecule has 0 bridgehead atoms. The Morgan fingerprint density at radius 1 is 1.20 bits per heavy atom. The Bertz CT molecular complexity index is 570. The van der Waals surface area contributed by atoms with Crippen molar-refractivity contribution < 1.29 is 22.7 Å². The summed E-state index contributed by atoms with van der Waals surface area (Å²) in [6, 6.07) is 5.90. The second kappa shape index (κ2) is 9.15. The van der Waals surface area contributed by atoms with Gasteiger partial charge in [0, 0.05) is 38.5 Å². The van der Waals surface area contributed by atoms with Crippen LogP contribution in [0.3, 0.4) is 0 Å². The first-order chi connectivity index (χ1) is 11.9. The number of carbonyl (C=O) groups excluding carboxylic acids is 1. The van der Waals surface area contributed by atoms with Gasteiger partial charge in [-0.2, -0.15) is 0 Å². The maximum atomic E-state index is 12.1. The molecule has 0 unspecified atom stereocenters. The average Bonchev–Trinajstić information content (AvgIpc) is 2.56. The first-order valence-electron chi connectivity index (χ1n) is 7.91. The van der Waals surface area contributed by atoms with Crippen LogP contribution in [-0.2, 0) is 11.3 Å². The fourth-order valence-electron chi connectivity index (χ4n) is 2.53. The van der Waals surface area contributed by atoms with E-state index < -0.39 is 6.36 Å². The van der Waals surface area contributed by atoms with E-state index in [1.807, 2.05) is 4.90 Å². The van der Waals surface area contributed by atoms with Crippen LogP contribution < -0.4 is 4.74 Å². The Kier molecular flexibility index (Phi) is 7.19. The Hall–Kier alpha value is -1.67. The molecular weight excluding hydrogens is 353 g/mol. The van der Waals surface area contributed by atoms with E-state index in [9.17, 15) is 18.0 Å². The lowest BCUT2D eigenvalue weighted by Crippen LogP contribution is -2.48. The van der Waals surface area contributed by atoms with Gasteiger partial charge >= 0.3 is 6.36 Å². The van der Waals surface area contributed by atoms with Crippen LogP contribution >= 0.6 is 11.8 Å². The molecule has 4 nitrogen and oxygen atoms in total. The number of hydrogen-bond acceptors (Lipinski definition) is 4. The molecule has 0 aromatic heterocycles. The second-order valence-electron chi connectivity index (χ2n) is 5.65. The fraction of sp³-hybridized carbons (Fsp3) is 0.471. The van der Waals surface area contributed by atoms with Crippen molar-refractivity contribution >= 4 is 17.7 Å². The van der Waals surface area contributed by atoms with Crippen molar-refractivity contribution in [1.82, 2.24) is 9.80 Å². The van der Waals surface area contributed by atoms with Crippen LogP contribution in [0.4, 0.5) is 13.2 Å². The lowest BCUT2D eigenvalue weighted by Gasteiger charge is -2.34. The van der Waals surface area contributed by atoms with Gasteiger partial charge in [0.05, 0.1) is 5.75 Å². The van der Waals surface area contributed by atoms with Crippen LogP contribution in [-0.4, -0.2) is 59.8 Å². The third-order valence-electron chi connectivity index (χ3n) is 3.75. The third-order valence-corrected chi connectivity index (χ3v) is 4.67. The molecule has 0 N–H and O–H groups in total. The summed E-state index contributed by atoms with van der Waals surface area (Å²) in [6.07, 6.45) is -2.89. The summed E-state index contributed by atoms with van der Waals surface area (Å²) in [5, 5.41) is 0. The van der Waals surface area contributed by atoms with E-state index in [1.165, 1.54) is 12.1 Å². The smallest absolute Gasteiger partial charge is 0.406 e. The highest BCUT2D eigenvalue weighted by molar-refractivity contribution is 8.00. The normalized spacial score (nSPS) is 15.9. The quantitative estimate of drug-likeness (QED) is 0.542. The number of thioether (sulfide) groups is 1. The van der Waals surface area contributed by atoms with Gasteiger partial charge in [-0.3, -0.25) is 9.69 Å². The standard InChI is InChI=1S/C17H21F3N2O2S/c1-2-11-25-13-16(23)22-9-7-21(8-10-22)12-14-3-5-15(6-4-14)24-17(18,19)20/h2-6H,1,7-13H2. The molecule has 1 aromatic carbocycles. The van der Waals surface area contributed by atoms with Crippen molar-refractivity contribution in [3.63, 3.8) is 0 Å². The number of rotatable bonds is 7. The SMILES string of the molecule is C=CCSCC(=O)N1CCN(Cc2ccc(OC(F)(F)F)cc2)CC1. The lowest BCUT2D eigenvalue weighted by molar-refractivity contribution is -0.274. The van der Waals surface area contributed by atoms with E-state index in [0.29, 0.717) is 25.4 Å². The van der Waals surface area contributed by atoms with Crippen molar-refractivity contribution in [3.05, 3.63) is 42.5 Å². The van der Waals surface area contributed by atoms with Gasteiger partial charge in [0.2, 0.25) is 5.91 Å². The van der Waals surface area contributed by atoms with Crippen LogP contribution in [0.5, 0.6) is 5.75 Å². The van der Waals surface area contributed by atoms with Gasteiger partial charge in [-0.1, -0.05) is 18.2 Å². The summed E-state index contributed by atoms with van der Waals surface area (Å²) in [7, 11) is 0. The molecule has 1 aromatic rings. The molecule has 0 radical (unpaired) electrons. The second-order valence-corrected chi connectivity index (χ2v) is 6.68. The molecule has 2 rings (SSSR count). The highest BCUT2D eigenvalue weighted by Gasteiger charge is 2.31. The summed E-state index contributed by atoms with van der Waals surface area (Å²) in [5.41, 5.74) is 0.913. The number of alkyl halides is 3. The number of halogens is 3. The van der Waals surface area contributed by atoms with Crippen LogP contribution in [0.2, 0.25) is 0 Å². The van der Waals surface area contributed by atoms with Crippen LogP contribution in [0.15, 0.2) is 36.9 Å². The molecule has 1 aliphatic rings. The van der Waals surface area contributed by atoms with Crippen molar-refractivity contribution in [2.45, 2.75) is 12.9 Å². The average molecular weight is 374 g/mol. The summed E-state index contributed by atoms with van der Waals surface area (Å²) in [4.78, 5) is 16.1. The van der Waals surface area contributed by atoms with Gasteiger partial charge in [0.1, 0.15) is 5.75 Å². The molecule has 1 heterocycles. The third kappa shape index (κ3) is 6.99. The summed E-state index contributed by atoms with van der Waals surface area (Å²) in [5.74, 6) is 1.15. The summed E-state index contributed by atoms with van der Waals surface area (Å²) < 4.78 is 40.3. The topological polar surface area (TPSA) is 32.8 Å². The molecule has 0 spiro atoms. The van der Waals surface area contributed by atoms with Gasteiger partial charge in [-0.15, -0.1) is 31.5 Å². The Morgan fingerprint density at radius 2 is 1.84 bits per heavy atom. The zero-order valence-corrected chi connectivity index (χ0v) is 14.6. The Balaban J connectivity index is 1.76. The van der Waals surface area contributed by atoms with Gasteiger partial charge in [-0.05, 0) is 17.7 Å². The van der Waals surface area contributed by atoms with Crippen molar-refractivity contribution in [3.8, 4) is 5.75 Å². The van der Waals surface area contributed by atoms with E-state index >= 15 is 0 Å². The molecule has 0 atom stereocenters. The molecule has 1 aliphatic heterocycles. The summed E-state index contributed by atoms with van der Waals surface area (Å²) in [6.45, 7) is 7.10. The molecule has 138 valence electrons. The maximum Gasteiger partial charge on any atom is 0.573 e. The van der Waals surface area contributed by atoms with Gasteiger partial charge in [0.15, 0.2) is 0 Å². The highest BCUT2D eigenvalue weighted by atomic mass is 32.2. The minimum Gasteiger partial charge on any atom is -0.406 e. The molecule has 1 saturated heterocycles. The van der Waals surface area contributed by atoms with E-state index in [-0.39, 0.29) is 11.7 Å². The van der Waals surface area contributed by atoms with Gasteiger partial charge in [-0.25, -0.2) is 0 Å². The van der Waals surface area contributed by atoms with E-state index in [2.05, 4.69) is 16.2 Å². The zero-order chi connectivity index (χ0) is 18.3. The van der Waals surface area contributed by atoms with Gasteiger partial charge < -0.3 is 9.64 Å². The first kappa shape index (κ1) is 19.7. The number of amides is 1. The predicted octanol–water partition coefficient (Wildman–Crippen LogP) is 3.15. The monoisotopic (exact) mass is 374 g/mol. The van der Waals surface area contributed by atoms with E-state index in [0.717, 1.165) is 24.4 Å². The Labute approximate surface area is 149 Å². The van der Waals surface area contributed by atoms with Crippen LogP contribution in [0.25, 0.3) is 0 Å².